The summed E-state index contributed by atoms with van der Waals surface area (Å²) in [4.78, 5) is 59.0. The predicted molar refractivity (Wildman–Crippen MR) is 364 cm³/mol. The summed E-state index contributed by atoms with van der Waals surface area (Å²) < 4.78 is 26.0. The normalized spacial score (nSPS) is 10.5. The third-order valence-electron chi connectivity index (χ3n) is 14.4. The quantitative estimate of drug-likeness (QED) is 0.0321. The van der Waals surface area contributed by atoms with Gasteiger partial charge in [0.15, 0.2) is 0 Å². The molecule has 0 aliphatic carbocycles. The number of rotatable bonds is 16. The number of esters is 5. The second-order valence-corrected chi connectivity index (χ2v) is 22.3. The van der Waals surface area contributed by atoms with Crippen molar-refractivity contribution in [3.63, 3.8) is 0 Å². The van der Waals surface area contributed by atoms with Crippen LogP contribution in [0.5, 0.6) is 80.5 Å². The van der Waals surface area contributed by atoms with Crippen molar-refractivity contribution in [1.29, 1.82) is 0 Å². The highest BCUT2D eigenvalue weighted by molar-refractivity contribution is 5.80. The number of aryl methyl sites for hydroxylation is 7. The number of benzene rings is 10. The second-order valence-electron chi connectivity index (χ2n) is 22.3. The first kappa shape index (κ1) is 73.8. The predicted octanol–water partition coefficient (Wildman–Crippen LogP) is 14.3. The van der Waals surface area contributed by atoms with Gasteiger partial charge in [-0.25, -0.2) is 0 Å². The number of carbonyl (C=O) groups excluding carboxylic acids is 5. The summed E-state index contributed by atoms with van der Waals surface area (Å²) in [6.07, 6.45) is 1.38. The molecule has 0 saturated carbocycles. The fourth-order valence-electron chi connectivity index (χ4n) is 8.74. The SMILES string of the molecule is Cc1cc(CC(=O)Oc2ccc(O)c(C)c2)ccc1O.Cc1cc(CC(=O)Oc2ccc(O)c(C)c2)ccc1O.Cc1cc(OC(=O)C(C)c2ccc(O)c(C)c2)ccc1O.O=C(CCc1ccccc1)Oc1ccc(O)cc1.O=C(Cc1ccc(O)cc1)Oc1ccc(O)cc1. The molecule has 0 aliphatic heterocycles. The molecule has 0 bridgehead atoms. The van der Waals surface area contributed by atoms with E-state index in [-0.39, 0.29) is 94.9 Å². The standard InChI is InChI=1S/C17H18O4.2C16H16O4.C15H14O3.C14H12O4/c1-10-8-13(4-6-15(10)18)12(3)17(20)21-14-5-7-16(19)11(2)9-14;2*1-10-7-12(3-5-14(10)17)9-16(19)20-13-4-6-15(18)11(2)8-13;16-13-7-9-14(10-8-13)18-15(17)11-6-12-4-2-1-3-5-12;15-11-3-1-10(2-4-11)9-14(17)18-13-7-5-12(16)6-8-13/h4-9,12,18-19H,1-3H3;2*3-8,17-18H,9H2,1-2H3;1-5,7-10,16H,6,11H2;1-8,15-16H,9H2. The zero-order chi connectivity index (χ0) is 70.7. The topological polar surface area (TPSA) is 314 Å². The molecule has 0 amide bonds. The van der Waals surface area contributed by atoms with Crippen molar-refractivity contribution in [3.05, 3.63) is 274 Å². The highest BCUT2D eigenvalue weighted by Crippen LogP contribution is 2.29. The van der Waals surface area contributed by atoms with E-state index in [4.69, 9.17) is 39.0 Å². The third-order valence-corrected chi connectivity index (χ3v) is 14.4. The van der Waals surface area contributed by atoms with Crippen LogP contribution in [0.25, 0.3) is 0 Å². The first-order valence-corrected chi connectivity index (χ1v) is 30.4. The number of carbonyl (C=O) groups is 5. The van der Waals surface area contributed by atoms with Gasteiger partial charge in [-0.15, -0.1) is 0 Å². The molecule has 19 nitrogen and oxygen atoms in total. The van der Waals surface area contributed by atoms with Crippen LogP contribution in [0, 0.1) is 41.5 Å². The Morgan fingerprint density at radius 1 is 0.299 bits per heavy atom. The molecule has 0 aliphatic rings. The molecule has 502 valence electrons. The Morgan fingerprint density at radius 3 is 0.979 bits per heavy atom. The average molecular weight is 1320 g/mol. The van der Waals surface area contributed by atoms with Gasteiger partial charge in [0.1, 0.15) is 80.5 Å². The number of ether oxygens (including phenoxy) is 5. The van der Waals surface area contributed by atoms with Crippen LogP contribution in [-0.2, 0) is 49.7 Å². The van der Waals surface area contributed by atoms with Gasteiger partial charge in [0.25, 0.3) is 0 Å². The highest BCUT2D eigenvalue weighted by Gasteiger charge is 2.19. The summed E-state index contributed by atoms with van der Waals surface area (Å²) in [5.41, 5.74) is 8.31. The molecule has 97 heavy (non-hydrogen) atoms. The van der Waals surface area contributed by atoms with Crippen LogP contribution in [0.4, 0.5) is 0 Å². The maximum atomic E-state index is 12.2. The number of hydrogen-bond acceptors (Lipinski definition) is 19. The van der Waals surface area contributed by atoms with Gasteiger partial charge in [0, 0.05) is 6.42 Å². The molecule has 10 aromatic rings. The van der Waals surface area contributed by atoms with Gasteiger partial charge >= 0.3 is 29.8 Å². The van der Waals surface area contributed by atoms with Crippen molar-refractivity contribution in [2.24, 2.45) is 0 Å². The first-order valence-electron chi connectivity index (χ1n) is 30.4. The summed E-state index contributed by atoms with van der Waals surface area (Å²) in [7, 11) is 0. The van der Waals surface area contributed by atoms with E-state index in [2.05, 4.69) is 0 Å². The molecule has 0 radical (unpaired) electrons. The van der Waals surface area contributed by atoms with Crippen molar-refractivity contribution in [2.45, 2.75) is 86.5 Å². The number of hydrogen-bond donors (Lipinski definition) is 9. The Bertz CT molecular complexity index is 4000. The lowest BCUT2D eigenvalue weighted by molar-refractivity contribution is -0.136. The number of aromatic hydroxyl groups is 9. The Labute approximate surface area is 561 Å². The van der Waals surface area contributed by atoms with Crippen LogP contribution in [0.1, 0.15) is 80.5 Å². The maximum Gasteiger partial charge on any atom is 0.318 e. The molecule has 1 unspecified atom stereocenters. The molecule has 9 N–H and O–H groups in total. The van der Waals surface area contributed by atoms with E-state index in [1.165, 1.54) is 66.7 Å². The summed E-state index contributed by atoms with van der Waals surface area (Å²) in [5, 5.41) is 83.9. The highest BCUT2D eigenvalue weighted by atomic mass is 16.6. The van der Waals surface area contributed by atoms with Crippen molar-refractivity contribution < 1.29 is 93.6 Å². The van der Waals surface area contributed by atoms with E-state index in [1.807, 2.05) is 30.3 Å². The lowest BCUT2D eigenvalue weighted by Crippen LogP contribution is -2.16. The molecular weight excluding hydrogens is 1240 g/mol. The van der Waals surface area contributed by atoms with E-state index < -0.39 is 11.9 Å². The van der Waals surface area contributed by atoms with E-state index in [1.54, 1.807) is 164 Å². The van der Waals surface area contributed by atoms with Crippen LogP contribution in [0.15, 0.2) is 212 Å². The van der Waals surface area contributed by atoms with Crippen molar-refractivity contribution in [3.8, 4) is 80.5 Å². The minimum Gasteiger partial charge on any atom is -0.508 e. The summed E-state index contributed by atoms with van der Waals surface area (Å²) in [6.45, 7) is 12.3. The second kappa shape index (κ2) is 36.3. The molecule has 0 fully saturated rings. The van der Waals surface area contributed by atoms with E-state index in [0.29, 0.717) is 63.8 Å². The van der Waals surface area contributed by atoms with Gasteiger partial charge < -0.3 is 69.6 Å². The van der Waals surface area contributed by atoms with E-state index >= 15 is 0 Å². The van der Waals surface area contributed by atoms with Gasteiger partial charge in [-0.3, -0.25) is 24.0 Å². The molecule has 0 saturated heterocycles. The molecule has 0 spiro atoms. The molecule has 1 atom stereocenters. The van der Waals surface area contributed by atoms with Gasteiger partial charge in [-0.05, 0) is 250 Å². The van der Waals surface area contributed by atoms with Gasteiger partial charge in [-0.1, -0.05) is 78.9 Å². The molecule has 10 aromatic carbocycles. The average Bonchev–Trinajstić information content (AvgIpc) is 0.983. The van der Waals surface area contributed by atoms with Gasteiger partial charge in [0.05, 0.1) is 25.2 Å². The minimum atomic E-state index is -0.446. The van der Waals surface area contributed by atoms with Crippen LogP contribution >= 0.6 is 0 Å². The lowest BCUT2D eigenvalue weighted by atomic mass is 9.99. The van der Waals surface area contributed by atoms with Crippen LogP contribution in [-0.4, -0.2) is 75.8 Å². The Hall–Kier alpha value is -12.3. The zero-order valence-electron chi connectivity index (χ0n) is 54.4. The zero-order valence-corrected chi connectivity index (χ0v) is 54.4. The Balaban J connectivity index is 0.000000192. The van der Waals surface area contributed by atoms with Gasteiger partial charge in [-0.2, -0.15) is 0 Å². The minimum absolute atomic E-state index is 0.119. The van der Waals surface area contributed by atoms with Crippen molar-refractivity contribution in [2.75, 3.05) is 0 Å². The van der Waals surface area contributed by atoms with Crippen LogP contribution < -0.4 is 23.7 Å². The largest absolute Gasteiger partial charge is 0.508 e. The summed E-state index contributed by atoms with van der Waals surface area (Å²) >= 11 is 0. The lowest BCUT2D eigenvalue weighted by Gasteiger charge is -2.13. The Morgan fingerprint density at radius 2 is 0.598 bits per heavy atom. The summed E-state index contributed by atoms with van der Waals surface area (Å²) in [5.74, 6) is 1.30. The molecule has 19 heteroatoms. The Kier molecular flexibility index (Phi) is 27.6. The molecule has 0 aromatic heterocycles. The fourth-order valence-corrected chi connectivity index (χ4v) is 8.74. The van der Waals surface area contributed by atoms with Gasteiger partial charge in [0.2, 0.25) is 0 Å². The smallest absolute Gasteiger partial charge is 0.318 e. The number of phenolic OH excluding ortho intramolecular Hbond substituents is 9. The monoisotopic (exact) mass is 1320 g/mol. The van der Waals surface area contributed by atoms with E-state index in [9.17, 15) is 54.6 Å². The summed E-state index contributed by atoms with van der Waals surface area (Å²) in [6, 6.07) is 57.1. The number of phenols is 9. The fraction of sp³-hybridized carbons (Fsp3) is 0.167. The van der Waals surface area contributed by atoms with E-state index in [0.717, 1.165) is 38.9 Å². The molecule has 10 rings (SSSR count). The van der Waals surface area contributed by atoms with Crippen LogP contribution in [0.3, 0.4) is 0 Å². The third kappa shape index (κ3) is 25.3. The first-order chi connectivity index (χ1) is 46.2. The molecular formula is C78H76O19. The van der Waals surface area contributed by atoms with Crippen molar-refractivity contribution >= 4 is 29.8 Å². The maximum absolute atomic E-state index is 12.2. The van der Waals surface area contributed by atoms with Crippen molar-refractivity contribution in [1.82, 2.24) is 0 Å². The van der Waals surface area contributed by atoms with Crippen LogP contribution in [0.2, 0.25) is 0 Å². The molecule has 0 heterocycles.